The maximum atomic E-state index is 6.25. The fourth-order valence-corrected chi connectivity index (χ4v) is 3.78. The highest BCUT2D eigenvalue weighted by Crippen LogP contribution is 2.44. The second kappa shape index (κ2) is 5.73. The normalized spacial score (nSPS) is 27.0. The average molecular weight is 279 g/mol. The van der Waals surface area contributed by atoms with Crippen LogP contribution in [0.5, 0.6) is 0 Å². The van der Waals surface area contributed by atoms with Crippen molar-refractivity contribution >= 4 is 17.4 Å². The first-order chi connectivity index (χ1) is 9.31. The number of rotatable bonds is 3. The summed E-state index contributed by atoms with van der Waals surface area (Å²) in [6.45, 7) is 1.71. The van der Waals surface area contributed by atoms with E-state index in [0.29, 0.717) is 0 Å². The summed E-state index contributed by atoms with van der Waals surface area (Å²) in [7, 11) is 0. The van der Waals surface area contributed by atoms with Crippen LogP contribution in [0.2, 0.25) is 0 Å². The van der Waals surface area contributed by atoms with Gasteiger partial charge in [0, 0.05) is 34.9 Å². The topological polar surface area (TPSA) is 44.5 Å². The summed E-state index contributed by atoms with van der Waals surface area (Å²) in [5.41, 5.74) is 9.58. The molecule has 2 heterocycles. The van der Waals surface area contributed by atoms with Crippen molar-refractivity contribution < 1.29 is 9.47 Å². The number of nitrogens with two attached hydrogens (primary N) is 1. The molecule has 104 valence electrons. The van der Waals surface area contributed by atoms with Crippen LogP contribution in [-0.2, 0) is 9.47 Å². The molecular formula is C15H21NO2S. The van der Waals surface area contributed by atoms with Crippen LogP contribution >= 0.6 is 11.8 Å². The molecule has 2 aliphatic rings. The van der Waals surface area contributed by atoms with Crippen LogP contribution in [0.4, 0.5) is 5.69 Å². The molecule has 1 aromatic carbocycles. The molecule has 3 nitrogen and oxygen atoms in total. The van der Waals surface area contributed by atoms with Crippen molar-refractivity contribution in [2.45, 2.75) is 42.8 Å². The minimum absolute atomic E-state index is 0.159. The van der Waals surface area contributed by atoms with E-state index in [0.717, 1.165) is 44.6 Å². The lowest BCUT2D eigenvalue weighted by atomic mass is 9.93. The minimum atomic E-state index is 0.159. The summed E-state index contributed by atoms with van der Waals surface area (Å²) < 4.78 is 11.8. The minimum Gasteiger partial charge on any atom is -0.398 e. The zero-order valence-corrected chi connectivity index (χ0v) is 12.2. The Morgan fingerprint density at radius 3 is 2.21 bits per heavy atom. The van der Waals surface area contributed by atoms with E-state index >= 15 is 0 Å². The Morgan fingerprint density at radius 1 is 1.05 bits per heavy atom. The maximum Gasteiger partial charge on any atom is 0.0849 e. The monoisotopic (exact) mass is 279 g/mol. The van der Waals surface area contributed by atoms with Crippen molar-refractivity contribution in [2.75, 3.05) is 25.2 Å². The third kappa shape index (κ3) is 2.49. The lowest BCUT2D eigenvalue weighted by molar-refractivity contribution is 0.0930. The summed E-state index contributed by atoms with van der Waals surface area (Å²) in [5.74, 6) is 0. The van der Waals surface area contributed by atoms with Gasteiger partial charge in [-0.3, -0.25) is 0 Å². The van der Waals surface area contributed by atoms with Gasteiger partial charge in [0.25, 0.3) is 0 Å². The summed E-state index contributed by atoms with van der Waals surface area (Å²) in [4.78, 5) is 1.28. The van der Waals surface area contributed by atoms with Crippen molar-refractivity contribution in [1.82, 2.24) is 0 Å². The molecule has 4 heteroatoms. The van der Waals surface area contributed by atoms with Crippen LogP contribution in [0, 0.1) is 0 Å². The number of ether oxygens (including phenoxy) is 2. The standard InChI is InChI=1S/C15H21NO2S/c1-19-13-7-6-10(16)14(11-4-2-8-17-11)15(13)12-5-3-9-18-12/h6-7,11-12H,2-5,8-9,16H2,1H3. The quantitative estimate of drug-likeness (QED) is 0.677. The van der Waals surface area contributed by atoms with Gasteiger partial charge in [-0.15, -0.1) is 11.8 Å². The van der Waals surface area contributed by atoms with Crippen molar-refractivity contribution in [3.8, 4) is 0 Å². The molecule has 0 aliphatic carbocycles. The largest absolute Gasteiger partial charge is 0.398 e. The second-order valence-corrected chi connectivity index (χ2v) is 6.04. The summed E-state index contributed by atoms with van der Waals surface area (Å²) in [6.07, 6.45) is 6.90. The third-order valence-corrected chi connectivity index (χ3v) is 4.80. The first-order valence-corrected chi connectivity index (χ1v) is 8.23. The lowest BCUT2D eigenvalue weighted by Crippen LogP contribution is -2.10. The Balaban J connectivity index is 2.07. The van der Waals surface area contributed by atoms with Crippen molar-refractivity contribution in [1.29, 1.82) is 0 Å². The van der Waals surface area contributed by atoms with Gasteiger partial charge in [-0.2, -0.15) is 0 Å². The van der Waals surface area contributed by atoms with E-state index < -0.39 is 0 Å². The summed E-state index contributed by atoms with van der Waals surface area (Å²) in [6, 6.07) is 4.14. The van der Waals surface area contributed by atoms with Crippen molar-refractivity contribution in [2.24, 2.45) is 0 Å². The molecule has 2 N–H and O–H groups in total. The Morgan fingerprint density at radius 2 is 1.68 bits per heavy atom. The molecule has 0 spiro atoms. The molecule has 2 unspecified atom stereocenters. The van der Waals surface area contributed by atoms with Crippen LogP contribution in [0.15, 0.2) is 17.0 Å². The fraction of sp³-hybridized carbons (Fsp3) is 0.600. The van der Waals surface area contributed by atoms with E-state index in [4.69, 9.17) is 15.2 Å². The molecule has 1 aromatic rings. The smallest absolute Gasteiger partial charge is 0.0849 e. The predicted octanol–water partition coefficient (Wildman–Crippen LogP) is 3.69. The molecule has 3 rings (SSSR count). The Bertz CT molecular complexity index is 452. The van der Waals surface area contributed by atoms with E-state index in [2.05, 4.69) is 12.3 Å². The summed E-state index contributed by atoms with van der Waals surface area (Å²) >= 11 is 1.77. The molecule has 0 bridgehead atoms. The molecule has 2 saturated heterocycles. The first kappa shape index (κ1) is 13.3. The predicted molar refractivity (Wildman–Crippen MR) is 78.5 cm³/mol. The Kier molecular flexibility index (Phi) is 4.01. The Hall–Kier alpha value is -0.710. The van der Waals surface area contributed by atoms with Gasteiger partial charge < -0.3 is 15.2 Å². The van der Waals surface area contributed by atoms with Gasteiger partial charge in [0.15, 0.2) is 0 Å². The SMILES string of the molecule is CSc1ccc(N)c(C2CCCO2)c1C1CCCO1. The van der Waals surface area contributed by atoms with E-state index in [1.165, 1.54) is 16.0 Å². The van der Waals surface area contributed by atoms with Gasteiger partial charge in [-0.05, 0) is 44.1 Å². The zero-order valence-electron chi connectivity index (χ0n) is 11.4. The van der Waals surface area contributed by atoms with Crippen LogP contribution in [0.25, 0.3) is 0 Å². The average Bonchev–Trinajstić information content (AvgIpc) is 3.11. The molecule has 19 heavy (non-hydrogen) atoms. The van der Waals surface area contributed by atoms with Crippen molar-refractivity contribution in [3.05, 3.63) is 23.3 Å². The highest BCUT2D eigenvalue weighted by molar-refractivity contribution is 7.98. The van der Waals surface area contributed by atoms with Gasteiger partial charge in [-0.25, -0.2) is 0 Å². The number of hydrogen-bond acceptors (Lipinski definition) is 4. The fourth-order valence-electron chi connectivity index (χ4n) is 3.11. The number of nitrogen functional groups attached to an aromatic ring is 1. The van der Waals surface area contributed by atoms with Gasteiger partial charge in [-0.1, -0.05) is 0 Å². The highest BCUT2D eigenvalue weighted by Gasteiger charge is 2.30. The van der Waals surface area contributed by atoms with E-state index in [-0.39, 0.29) is 12.2 Å². The number of anilines is 1. The summed E-state index contributed by atoms with van der Waals surface area (Å²) in [5, 5.41) is 0. The van der Waals surface area contributed by atoms with E-state index in [1.54, 1.807) is 11.8 Å². The van der Waals surface area contributed by atoms with E-state index in [1.807, 2.05) is 6.07 Å². The first-order valence-electron chi connectivity index (χ1n) is 7.00. The van der Waals surface area contributed by atoms with Gasteiger partial charge >= 0.3 is 0 Å². The Labute approximate surface area is 118 Å². The molecular weight excluding hydrogens is 258 g/mol. The highest BCUT2D eigenvalue weighted by atomic mass is 32.2. The molecule has 2 aliphatic heterocycles. The molecule has 0 saturated carbocycles. The molecule has 0 amide bonds. The van der Waals surface area contributed by atoms with Gasteiger partial charge in [0.1, 0.15) is 0 Å². The maximum absolute atomic E-state index is 6.25. The van der Waals surface area contributed by atoms with Crippen molar-refractivity contribution in [3.63, 3.8) is 0 Å². The molecule has 2 atom stereocenters. The third-order valence-electron chi connectivity index (χ3n) is 4.00. The zero-order chi connectivity index (χ0) is 13.2. The van der Waals surface area contributed by atoms with E-state index in [9.17, 15) is 0 Å². The van der Waals surface area contributed by atoms with Gasteiger partial charge in [0.05, 0.1) is 12.2 Å². The second-order valence-electron chi connectivity index (χ2n) is 5.19. The van der Waals surface area contributed by atoms with Crippen LogP contribution in [0.3, 0.4) is 0 Å². The molecule has 0 aromatic heterocycles. The number of benzene rings is 1. The van der Waals surface area contributed by atoms with Crippen LogP contribution in [-0.4, -0.2) is 19.5 Å². The lowest BCUT2D eigenvalue weighted by Gasteiger charge is -2.23. The van der Waals surface area contributed by atoms with Gasteiger partial charge in [0.2, 0.25) is 0 Å². The van der Waals surface area contributed by atoms with Crippen LogP contribution in [0.1, 0.15) is 49.0 Å². The molecule has 2 fully saturated rings. The molecule has 0 radical (unpaired) electrons. The van der Waals surface area contributed by atoms with Crippen LogP contribution < -0.4 is 5.73 Å². The number of thioether (sulfide) groups is 1. The number of hydrogen-bond donors (Lipinski definition) is 1.